The van der Waals surface area contributed by atoms with Crippen molar-refractivity contribution < 1.29 is 14.0 Å². The van der Waals surface area contributed by atoms with E-state index in [0.717, 1.165) is 48.9 Å². The number of nitrogens with zero attached hydrogens (tertiary/aromatic N) is 1. The van der Waals surface area contributed by atoms with Gasteiger partial charge in [-0.15, -0.1) is 0 Å². The number of benzene rings is 3. The molecular formula is C32H32FN3O2. The molecule has 6 heteroatoms. The van der Waals surface area contributed by atoms with E-state index in [1.165, 1.54) is 17.0 Å². The molecule has 0 spiro atoms. The van der Waals surface area contributed by atoms with Crippen molar-refractivity contribution in [3.05, 3.63) is 114 Å². The fraction of sp³-hybridized carbons (Fsp3) is 0.250. The van der Waals surface area contributed by atoms with Gasteiger partial charge in [0, 0.05) is 17.4 Å². The van der Waals surface area contributed by atoms with Crippen molar-refractivity contribution in [2.75, 3.05) is 4.90 Å². The van der Waals surface area contributed by atoms with E-state index in [1.54, 1.807) is 18.2 Å². The first kappa shape index (κ1) is 25.5. The van der Waals surface area contributed by atoms with Crippen LogP contribution in [0.2, 0.25) is 0 Å². The maximum absolute atomic E-state index is 14.2. The third kappa shape index (κ3) is 5.70. The topological polar surface area (TPSA) is 65.2 Å². The number of carbonyl (C=O) groups is 2. The maximum Gasteiger partial charge on any atom is 0.275 e. The SMILES string of the molecule is Cc1cccc(N(C(=O)c2ccc(-c3ccccc3)[nH]2)[C@H](C(=O)NC2CCCCC2)c2ccc(F)cc2)c1. The Balaban J connectivity index is 1.57. The molecule has 1 aliphatic rings. The quantitative estimate of drug-likeness (QED) is 0.283. The van der Waals surface area contributed by atoms with Crippen LogP contribution in [0.3, 0.4) is 0 Å². The second-order valence-electron chi connectivity index (χ2n) is 9.96. The highest BCUT2D eigenvalue weighted by atomic mass is 19.1. The van der Waals surface area contributed by atoms with Gasteiger partial charge in [-0.1, -0.05) is 73.9 Å². The molecule has 0 radical (unpaired) electrons. The molecule has 3 aromatic carbocycles. The lowest BCUT2D eigenvalue weighted by atomic mass is 9.94. The molecule has 5 nitrogen and oxygen atoms in total. The molecule has 2 amide bonds. The fourth-order valence-electron chi connectivity index (χ4n) is 5.19. The van der Waals surface area contributed by atoms with E-state index in [1.807, 2.05) is 67.6 Å². The average molecular weight is 510 g/mol. The van der Waals surface area contributed by atoms with Gasteiger partial charge in [-0.25, -0.2) is 4.39 Å². The molecule has 2 N–H and O–H groups in total. The molecule has 38 heavy (non-hydrogen) atoms. The van der Waals surface area contributed by atoms with E-state index >= 15 is 0 Å². The first-order valence-electron chi connectivity index (χ1n) is 13.2. The van der Waals surface area contributed by atoms with E-state index in [-0.39, 0.29) is 17.9 Å². The third-order valence-corrected chi connectivity index (χ3v) is 7.14. The van der Waals surface area contributed by atoms with Crippen LogP contribution in [-0.4, -0.2) is 22.8 Å². The van der Waals surface area contributed by atoms with Crippen LogP contribution in [0.15, 0.2) is 91.0 Å². The highest BCUT2D eigenvalue weighted by Gasteiger charge is 2.35. The number of carbonyl (C=O) groups excluding carboxylic acids is 2. The van der Waals surface area contributed by atoms with Crippen LogP contribution < -0.4 is 10.2 Å². The highest BCUT2D eigenvalue weighted by molar-refractivity contribution is 6.09. The highest BCUT2D eigenvalue weighted by Crippen LogP contribution is 2.32. The van der Waals surface area contributed by atoms with Gasteiger partial charge in [-0.05, 0) is 72.9 Å². The van der Waals surface area contributed by atoms with Crippen LogP contribution in [-0.2, 0) is 4.79 Å². The van der Waals surface area contributed by atoms with E-state index in [0.29, 0.717) is 16.9 Å². The van der Waals surface area contributed by atoms with Crippen molar-refractivity contribution in [1.82, 2.24) is 10.3 Å². The standard InChI is InChI=1S/C32H32FN3O2/c1-22-9-8-14-27(21-22)36(32(38)29-20-19-28(35-29)23-10-4-2-5-11-23)30(24-15-17-25(33)18-16-24)31(37)34-26-12-6-3-7-13-26/h2,4-5,8-11,14-21,26,30,35H,3,6-7,12-13H2,1H3,(H,34,37)/t30-/m0/s1. The number of aromatic amines is 1. The lowest BCUT2D eigenvalue weighted by Gasteiger charge is -2.33. The summed E-state index contributed by atoms with van der Waals surface area (Å²) in [5.74, 6) is -1.01. The molecule has 5 rings (SSSR count). The molecule has 1 heterocycles. The molecule has 1 atom stereocenters. The van der Waals surface area contributed by atoms with Crippen molar-refractivity contribution in [2.45, 2.75) is 51.1 Å². The summed E-state index contributed by atoms with van der Waals surface area (Å²) in [6, 6.07) is 25.8. The number of halogens is 1. The Morgan fingerprint density at radius 3 is 2.34 bits per heavy atom. The average Bonchev–Trinajstić information content (AvgIpc) is 3.44. The second-order valence-corrected chi connectivity index (χ2v) is 9.96. The van der Waals surface area contributed by atoms with Gasteiger partial charge in [0.1, 0.15) is 17.6 Å². The summed E-state index contributed by atoms with van der Waals surface area (Å²) >= 11 is 0. The predicted molar refractivity (Wildman–Crippen MR) is 148 cm³/mol. The summed E-state index contributed by atoms with van der Waals surface area (Å²) in [4.78, 5) is 32.9. The number of nitrogens with one attached hydrogen (secondary N) is 2. The lowest BCUT2D eigenvalue weighted by molar-refractivity contribution is -0.123. The van der Waals surface area contributed by atoms with E-state index in [2.05, 4.69) is 10.3 Å². The summed E-state index contributed by atoms with van der Waals surface area (Å²) in [5, 5.41) is 3.20. The minimum atomic E-state index is -0.977. The lowest BCUT2D eigenvalue weighted by Crippen LogP contribution is -2.47. The van der Waals surface area contributed by atoms with Gasteiger partial charge in [0.15, 0.2) is 0 Å². The van der Waals surface area contributed by atoms with Crippen LogP contribution in [0.1, 0.15) is 59.8 Å². The summed E-state index contributed by atoms with van der Waals surface area (Å²) < 4.78 is 13.9. The number of aromatic nitrogens is 1. The number of rotatable bonds is 7. The summed E-state index contributed by atoms with van der Waals surface area (Å²) in [7, 11) is 0. The molecule has 1 aliphatic carbocycles. The summed E-state index contributed by atoms with van der Waals surface area (Å²) in [6.07, 6.45) is 5.13. The molecule has 1 aromatic heterocycles. The van der Waals surface area contributed by atoms with Crippen LogP contribution >= 0.6 is 0 Å². The van der Waals surface area contributed by atoms with Gasteiger partial charge in [-0.2, -0.15) is 0 Å². The molecular weight excluding hydrogens is 477 g/mol. The Hall–Kier alpha value is -4.19. The maximum atomic E-state index is 14.2. The number of anilines is 1. The molecule has 0 aliphatic heterocycles. The van der Waals surface area contributed by atoms with E-state index in [9.17, 15) is 14.0 Å². The first-order valence-corrected chi connectivity index (χ1v) is 13.2. The molecule has 0 bridgehead atoms. The monoisotopic (exact) mass is 509 g/mol. The normalized spacial score (nSPS) is 14.6. The molecule has 1 saturated carbocycles. The van der Waals surface area contributed by atoms with Crippen LogP contribution in [0.4, 0.5) is 10.1 Å². The summed E-state index contributed by atoms with van der Waals surface area (Å²) in [5.41, 5.74) is 4.23. The zero-order valence-electron chi connectivity index (χ0n) is 21.5. The van der Waals surface area contributed by atoms with Gasteiger partial charge in [0.05, 0.1) is 0 Å². The van der Waals surface area contributed by atoms with Crippen LogP contribution in [0.5, 0.6) is 0 Å². The minimum Gasteiger partial charge on any atom is -0.351 e. The van der Waals surface area contributed by atoms with Gasteiger partial charge in [-0.3, -0.25) is 14.5 Å². The largest absolute Gasteiger partial charge is 0.351 e. The number of aryl methyl sites for hydroxylation is 1. The second kappa shape index (κ2) is 11.5. The van der Waals surface area contributed by atoms with Crippen molar-refractivity contribution in [3.63, 3.8) is 0 Å². The van der Waals surface area contributed by atoms with E-state index < -0.39 is 11.9 Å². The third-order valence-electron chi connectivity index (χ3n) is 7.14. The number of amides is 2. The van der Waals surface area contributed by atoms with Crippen LogP contribution in [0.25, 0.3) is 11.3 Å². The Kier molecular flexibility index (Phi) is 7.68. The number of hydrogen-bond acceptors (Lipinski definition) is 2. The van der Waals surface area contributed by atoms with Gasteiger partial charge < -0.3 is 10.3 Å². The van der Waals surface area contributed by atoms with Crippen molar-refractivity contribution in [1.29, 1.82) is 0 Å². The molecule has 194 valence electrons. The molecule has 4 aromatic rings. The summed E-state index contributed by atoms with van der Waals surface area (Å²) in [6.45, 7) is 1.95. The Labute approximate surface area is 222 Å². The Morgan fingerprint density at radius 2 is 1.63 bits per heavy atom. The van der Waals surface area contributed by atoms with Crippen molar-refractivity contribution in [2.24, 2.45) is 0 Å². The smallest absolute Gasteiger partial charge is 0.275 e. The molecule has 0 unspecified atom stereocenters. The van der Waals surface area contributed by atoms with Gasteiger partial charge in [0.2, 0.25) is 5.91 Å². The Bertz CT molecular complexity index is 1390. The van der Waals surface area contributed by atoms with Gasteiger partial charge >= 0.3 is 0 Å². The minimum absolute atomic E-state index is 0.0591. The Morgan fingerprint density at radius 1 is 0.895 bits per heavy atom. The van der Waals surface area contributed by atoms with Crippen LogP contribution in [0, 0.1) is 12.7 Å². The van der Waals surface area contributed by atoms with Gasteiger partial charge in [0.25, 0.3) is 5.91 Å². The number of H-pyrrole nitrogens is 1. The first-order chi connectivity index (χ1) is 18.5. The predicted octanol–water partition coefficient (Wildman–Crippen LogP) is 6.97. The fourth-order valence-corrected chi connectivity index (χ4v) is 5.19. The number of hydrogen-bond donors (Lipinski definition) is 2. The zero-order valence-corrected chi connectivity index (χ0v) is 21.5. The van der Waals surface area contributed by atoms with Crippen molar-refractivity contribution >= 4 is 17.5 Å². The van der Waals surface area contributed by atoms with Crippen molar-refractivity contribution in [3.8, 4) is 11.3 Å². The molecule has 1 fully saturated rings. The zero-order chi connectivity index (χ0) is 26.5. The van der Waals surface area contributed by atoms with E-state index in [4.69, 9.17) is 0 Å². The molecule has 0 saturated heterocycles.